The minimum Gasteiger partial charge on any atom is -0.478 e. The van der Waals surface area contributed by atoms with E-state index in [1.54, 1.807) is 18.4 Å². The zero-order valence-corrected chi connectivity index (χ0v) is 8.12. The van der Waals surface area contributed by atoms with Crippen LogP contribution in [0, 0.1) is 0 Å². The van der Waals surface area contributed by atoms with Gasteiger partial charge in [0.05, 0.1) is 11.8 Å². The molecule has 2 rings (SSSR count). The van der Waals surface area contributed by atoms with Gasteiger partial charge in [0.2, 0.25) is 0 Å². The third kappa shape index (κ3) is 1.37. The first-order valence-corrected chi connectivity index (χ1v) is 4.70. The molecule has 72 valence electrons. The zero-order valence-electron chi connectivity index (χ0n) is 7.23. The van der Waals surface area contributed by atoms with Gasteiger partial charge in [-0.1, -0.05) is 0 Å². The number of aromatic carboxylic acids is 1. The summed E-state index contributed by atoms with van der Waals surface area (Å²) < 4.78 is 5.22. The molecule has 1 N–H and O–H groups in total. The monoisotopic (exact) mass is 208 g/mol. The Balaban J connectivity index is 2.63. The Hall–Kier alpha value is -1.42. The molecule has 0 aliphatic carbocycles. The van der Waals surface area contributed by atoms with Gasteiger partial charge in [-0.3, -0.25) is 0 Å². The lowest BCUT2D eigenvalue weighted by Gasteiger charge is -1.94. The van der Waals surface area contributed by atoms with Crippen LogP contribution in [0.15, 0.2) is 28.9 Å². The van der Waals surface area contributed by atoms with Crippen molar-refractivity contribution in [3.05, 3.63) is 35.6 Å². The highest BCUT2D eigenvalue weighted by atomic mass is 32.1. The molecule has 0 bridgehead atoms. The summed E-state index contributed by atoms with van der Waals surface area (Å²) in [6.45, 7) is 0. The van der Waals surface area contributed by atoms with Crippen LogP contribution in [0.1, 0.15) is 15.9 Å². The molecule has 0 saturated heterocycles. The van der Waals surface area contributed by atoms with Crippen LogP contribution in [0.5, 0.6) is 0 Å². The lowest BCUT2D eigenvalue weighted by Crippen LogP contribution is -1.94. The second-order valence-electron chi connectivity index (χ2n) is 2.94. The van der Waals surface area contributed by atoms with Crippen LogP contribution < -0.4 is 0 Å². The molecule has 14 heavy (non-hydrogen) atoms. The van der Waals surface area contributed by atoms with Crippen LogP contribution in [0.25, 0.3) is 11.0 Å². The van der Waals surface area contributed by atoms with Crippen molar-refractivity contribution in [3.63, 3.8) is 0 Å². The summed E-state index contributed by atoms with van der Waals surface area (Å²) in [5, 5.41) is 9.67. The summed E-state index contributed by atoms with van der Waals surface area (Å²) in [6, 6.07) is 4.82. The average Bonchev–Trinajstić information content (AvgIpc) is 2.59. The van der Waals surface area contributed by atoms with E-state index in [2.05, 4.69) is 12.6 Å². The van der Waals surface area contributed by atoms with Crippen molar-refractivity contribution in [2.75, 3.05) is 0 Å². The molecule has 4 heteroatoms. The normalized spacial score (nSPS) is 10.6. The van der Waals surface area contributed by atoms with Crippen LogP contribution in [0.3, 0.4) is 0 Å². The van der Waals surface area contributed by atoms with Crippen molar-refractivity contribution in [3.8, 4) is 0 Å². The highest BCUT2D eigenvalue weighted by molar-refractivity contribution is 7.79. The predicted octanol–water partition coefficient (Wildman–Crippen LogP) is 2.56. The van der Waals surface area contributed by atoms with Crippen LogP contribution in [-0.4, -0.2) is 11.1 Å². The number of fused-ring (bicyclic) bond motifs is 1. The van der Waals surface area contributed by atoms with Crippen molar-refractivity contribution < 1.29 is 14.3 Å². The van der Waals surface area contributed by atoms with Gasteiger partial charge in [0.15, 0.2) is 0 Å². The van der Waals surface area contributed by atoms with Crippen molar-refractivity contribution in [2.24, 2.45) is 0 Å². The summed E-state index contributed by atoms with van der Waals surface area (Å²) in [4.78, 5) is 10.7. The minimum absolute atomic E-state index is 0.234. The molecule has 2 aromatic rings. The number of carboxylic acid groups (broad SMARTS) is 1. The molecule has 0 atom stereocenters. The van der Waals surface area contributed by atoms with E-state index in [4.69, 9.17) is 9.52 Å². The SMILES string of the molecule is O=C(O)c1ccc2c(CS)coc2c1. The van der Waals surface area contributed by atoms with Crippen molar-refractivity contribution >= 4 is 29.6 Å². The van der Waals surface area contributed by atoms with E-state index in [1.165, 1.54) is 6.07 Å². The number of hydrogen-bond acceptors (Lipinski definition) is 3. The molecular formula is C10H8O3S. The number of benzene rings is 1. The summed E-state index contributed by atoms with van der Waals surface area (Å²) >= 11 is 4.14. The maximum atomic E-state index is 10.7. The summed E-state index contributed by atoms with van der Waals surface area (Å²) in [7, 11) is 0. The maximum absolute atomic E-state index is 10.7. The van der Waals surface area contributed by atoms with Crippen molar-refractivity contribution in [1.29, 1.82) is 0 Å². The minimum atomic E-state index is -0.948. The topological polar surface area (TPSA) is 50.4 Å². The number of furan rings is 1. The van der Waals surface area contributed by atoms with E-state index in [1.807, 2.05) is 0 Å². The molecule has 0 amide bonds. The lowest BCUT2D eigenvalue weighted by atomic mass is 10.1. The van der Waals surface area contributed by atoms with Crippen molar-refractivity contribution in [1.82, 2.24) is 0 Å². The molecule has 3 nitrogen and oxygen atoms in total. The Kier molecular flexibility index (Phi) is 2.21. The van der Waals surface area contributed by atoms with Gasteiger partial charge >= 0.3 is 5.97 Å². The number of thiol groups is 1. The third-order valence-electron chi connectivity index (χ3n) is 2.07. The van der Waals surface area contributed by atoms with Gasteiger partial charge in [0, 0.05) is 16.7 Å². The Morgan fingerprint density at radius 2 is 2.29 bits per heavy atom. The Morgan fingerprint density at radius 3 is 2.93 bits per heavy atom. The number of hydrogen-bond donors (Lipinski definition) is 2. The highest BCUT2D eigenvalue weighted by Gasteiger charge is 2.08. The van der Waals surface area contributed by atoms with E-state index in [0.717, 1.165) is 10.9 Å². The van der Waals surface area contributed by atoms with E-state index in [9.17, 15) is 4.79 Å². The number of carboxylic acids is 1. The molecule has 0 radical (unpaired) electrons. The quantitative estimate of drug-likeness (QED) is 0.746. The molecule has 1 aromatic carbocycles. The highest BCUT2D eigenvalue weighted by Crippen LogP contribution is 2.23. The second-order valence-corrected chi connectivity index (χ2v) is 3.25. The summed E-state index contributed by atoms with van der Waals surface area (Å²) in [5.74, 6) is -0.366. The standard InChI is InChI=1S/C10H8O3S/c11-10(12)6-1-2-8-7(5-14)4-13-9(8)3-6/h1-4,14H,5H2,(H,11,12). The smallest absolute Gasteiger partial charge is 0.335 e. The Morgan fingerprint density at radius 1 is 1.50 bits per heavy atom. The van der Waals surface area contributed by atoms with Crippen molar-refractivity contribution in [2.45, 2.75) is 5.75 Å². The van der Waals surface area contributed by atoms with Gasteiger partial charge in [-0.05, 0) is 18.2 Å². The average molecular weight is 208 g/mol. The molecule has 0 unspecified atom stereocenters. The van der Waals surface area contributed by atoms with Gasteiger partial charge in [0.25, 0.3) is 0 Å². The molecule has 0 saturated carbocycles. The number of rotatable bonds is 2. The Bertz CT molecular complexity index is 487. The maximum Gasteiger partial charge on any atom is 0.335 e. The molecular weight excluding hydrogens is 200 g/mol. The molecule has 0 aliphatic heterocycles. The third-order valence-corrected chi connectivity index (χ3v) is 2.41. The molecule has 0 spiro atoms. The fourth-order valence-electron chi connectivity index (χ4n) is 1.34. The van der Waals surface area contributed by atoms with Crippen LogP contribution >= 0.6 is 12.6 Å². The fourth-order valence-corrected chi connectivity index (χ4v) is 1.58. The van der Waals surface area contributed by atoms with E-state index in [0.29, 0.717) is 11.3 Å². The predicted molar refractivity (Wildman–Crippen MR) is 55.9 cm³/mol. The number of carbonyl (C=O) groups is 1. The first kappa shape index (κ1) is 9.15. The van der Waals surface area contributed by atoms with Gasteiger partial charge in [0.1, 0.15) is 5.58 Å². The second kappa shape index (κ2) is 3.38. The summed E-state index contributed by atoms with van der Waals surface area (Å²) in [5.41, 5.74) is 1.80. The van der Waals surface area contributed by atoms with Crippen LogP contribution in [-0.2, 0) is 5.75 Å². The van der Waals surface area contributed by atoms with E-state index in [-0.39, 0.29) is 5.56 Å². The summed E-state index contributed by atoms with van der Waals surface area (Å²) in [6.07, 6.45) is 1.60. The first-order chi connectivity index (χ1) is 6.72. The van der Waals surface area contributed by atoms with E-state index >= 15 is 0 Å². The first-order valence-electron chi connectivity index (χ1n) is 4.06. The zero-order chi connectivity index (χ0) is 10.1. The molecule has 1 aromatic heterocycles. The lowest BCUT2D eigenvalue weighted by molar-refractivity contribution is 0.0697. The van der Waals surface area contributed by atoms with Gasteiger partial charge in [-0.15, -0.1) is 0 Å². The largest absolute Gasteiger partial charge is 0.478 e. The fraction of sp³-hybridized carbons (Fsp3) is 0.100. The Labute approximate surface area is 85.7 Å². The van der Waals surface area contributed by atoms with Gasteiger partial charge in [-0.2, -0.15) is 12.6 Å². The molecule has 1 heterocycles. The van der Waals surface area contributed by atoms with E-state index < -0.39 is 5.97 Å². The molecule has 0 fully saturated rings. The van der Waals surface area contributed by atoms with Gasteiger partial charge < -0.3 is 9.52 Å². The van der Waals surface area contributed by atoms with Crippen LogP contribution in [0.4, 0.5) is 0 Å². The van der Waals surface area contributed by atoms with Gasteiger partial charge in [-0.25, -0.2) is 4.79 Å². The van der Waals surface area contributed by atoms with Crippen LogP contribution in [0.2, 0.25) is 0 Å². The molecule has 0 aliphatic rings.